The lowest BCUT2D eigenvalue weighted by Gasteiger charge is -2.34. The summed E-state index contributed by atoms with van der Waals surface area (Å²) in [5, 5.41) is 0. The number of hydrogen-bond acceptors (Lipinski definition) is 4. The Morgan fingerprint density at radius 1 is 0.419 bits per heavy atom. The lowest BCUT2D eigenvalue weighted by molar-refractivity contribution is 0.660. The summed E-state index contributed by atoms with van der Waals surface area (Å²) < 4.78 is 0. The molecule has 0 amide bonds. The van der Waals surface area contributed by atoms with Crippen molar-refractivity contribution in [3.05, 3.63) is 145 Å². The summed E-state index contributed by atoms with van der Waals surface area (Å²) in [6.45, 7) is 4.76. The molecule has 0 bridgehead atoms. The van der Waals surface area contributed by atoms with Crippen molar-refractivity contribution >= 4 is 57.6 Å². The van der Waals surface area contributed by atoms with Crippen LogP contribution in [0.2, 0.25) is 0 Å². The second-order valence-electron chi connectivity index (χ2n) is 11.8. The number of hydrogen-bond donors (Lipinski definition) is 0. The van der Waals surface area contributed by atoms with E-state index in [9.17, 15) is 0 Å². The average molecular weight is 589 g/mol. The van der Waals surface area contributed by atoms with Gasteiger partial charge in [0.05, 0.1) is 22.7 Å². The van der Waals surface area contributed by atoms with Gasteiger partial charge in [-0.2, -0.15) is 0 Å². The summed E-state index contributed by atoms with van der Waals surface area (Å²) in [6, 6.07) is 49.1. The molecule has 0 aromatic heterocycles. The Morgan fingerprint density at radius 3 is 1.09 bits per heavy atom. The first-order valence-corrected chi connectivity index (χ1v) is 16.3. The quantitative estimate of drug-likeness (QED) is 0.198. The van der Waals surface area contributed by atoms with Gasteiger partial charge in [-0.25, -0.2) is 0 Å². The molecule has 2 aliphatic heterocycles. The molecule has 9 rings (SSSR count). The molecule has 2 heterocycles. The fourth-order valence-corrected chi connectivity index (χ4v) is 9.07. The predicted octanol–water partition coefficient (Wildman–Crippen LogP) is 11.9. The molecule has 1 aliphatic carbocycles. The zero-order valence-corrected chi connectivity index (χ0v) is 25.5. The van der Waals surface area contributed by atoms with Crippen LogP contribution in [0.25, 0.3) is 11.1 Å². The monoisotopic (exact) mass is 588 g/mol. The van der Waals surface area contributed by atoms with Crippen LogP contribution in [0.5, 0.6) is 0 Å². The minimum absolute atomic E-state index is 0.149. The van der Waals surface area contributed by atoms with Crippen molar-refractivity contribution in [2.75, 3.05) is 9.80 Å². The van der Waals surface area contributed by atoms with E-state index in [4.69, 9.17) is 0 Å². The fourth-order valence-electron chi connectivity index (χ4n) is 6.96. The topological polar surface area (TPSA) is 6.48 Å². The minimum atomic E-state index is -0.149. The standard InChI is InChI=1S/C39H28N2S2/c1-39(2)29-23-25(40-31-11-3-7-15-35(31)42-36-16-8-4-12-32(36)40)19-21-27(29)28-22-20-26(24-30(28)39)41-33-13-5-9-17-37(33)43-38-18-10-6-14-34(38)41/h3-24H,1-2H3. The van der Waals surface area contributed by atoms with Crippen LogP contribution in [0.4, 0.5) is 34.1 Å². The summed E-state index contributed by atoms with van der Waals surface area (Å²) in [7, 11) is 0. The van der Waals surface area contributed by atoms with Crippen molar-refractivity contribution in [2.24, 2.45) is 0 Å². The Balaban J connectivity index is 1.18. The molecule has 43 heavy (non-hydrogen) atoms. The number of benzene rings is 6. The lowest BCUT2D eigenvalue weighted by Crippen LogP contribution is -2.19. The van der Waals surface area contributed by atoms with Gasteiger partial charge in [-0.1, -0.05) is 98.0 Å². The van der Waals surface area contributed by atoms with E-state index in [1.165, 1.54) is 76.0 Å². The maximum absolute atomic E-state index is 2.44. The van der Waals surface area contributed by atoms with Gasteiger partial charge in [-0.15, -0.1) is 0 Å². The first-order valence-electron chi connectivity index (χ1n) is 14.7. The van der Waals surface area contributed by atoms with Crippen LogP contribution in [-0.2, 0) is 5.41 Å². The van der Waals surface area contributed by atoms with Gasteiger partial charge in [-0.3, -0.25) is 0 Å². The van der Waals surface area contributed by atoms with Crippen LogP contribution >= 0.6 is 23.5 Å². The fraction of sp³-hybridized carbons (Fsp3) is 0.0769. The van der Waals surface area contributed by atoms with Crippen LogP contribution in [0.15, 0.2) is 153 Å². The summed E-state index contributed by atoms with van der Waals surface area (Å²) >= 11 is 3.71. The van der Waals surface area contributed by atoms with Crippen LogP contribution in [0.3, 0.4) is 0 Å². The Morgan fingerprint density at radius 2 is 0.744 bits per heavy atom. The van der Waals surface area contributed by atoms with Gasteiger partial charge in [-0.05, 0) is 95.1 Å². The second-order valence-corrected chi connectivity index (χ2v) is 14.0. The number of para-hydroxylation sites is 4. The van der Waals surface area contributed by atoms with E-state index in [1.54, 1.807) is 0 Å². The van der Waals surface area contributed by atoms with Gasteiger partial charge in [0.2, 0.25) is 0 Å². The molecule has 0 atom stereocenters. The van der Waals surface area contributed by atoms with Crippen LogP contribution < -0.4 is 9.80 Å². The van der Waals surface area contributed by atoms with E-state index >= 15 is 0 Å². The molecule has 0 fully saturated rings. The van der Waals surface area contributed by atoms with E-state index in [0.717, 1.165) is 0 Å². The molecule has 206 valence electrons. The molecule has 0 radical (unpaired) electrons. The Kier molecular flexibility index (Phi) is 5.44. The molecule has 3 aliphatic rings. The van der Waals surface area contributed by atoms with E-state index in [1.807, 2.05) is 23.5 Å². The number of anilines is 6. The third-order valence-electron chi connectivity index (χ3n) is 9.02. The highest BCUT2D eigenvalue weighted by atomic mass is 32.2. The minimum Gasteiger partial charge on any atom is -0.308 e. The molecule has 4 heteroatoms. The molecule has 0 saturated carbocycles. The molecule has 2 nitrogen and oxygen atoms in total. The largest absolute Gasteiger partial charge is 0.308 e. The SMILES string of the molecule is CC1(C)c2cc(N3c4ccccc4Sc4ccccc43)ccc2-c2ccc(N3c4ccccc4Sc4ccccc43)cc21. The molecule has 6 aromatic rings. The van der Waals surface area contributed by atoms with Crippen molar-refractivity contribution < 1.29 is 0 Å². The van der Waals surface area contributed by atoms with Crippen molar-refractivity contribution in [3.8, 4) is 11.1 Å². The predicted molar refractivity (Wildman–Crippen MR) is 182 cm³/mol. The Bertz CT molecular complexity index is 1860. The molecule has 0 N–H and O–H groups in total. The van der Waals surface area contributed by atoms with Crippen molar-refractivity contribution in [1.82, 2.24) is 0 Å². The molecule has 0 spiro atoms. The zero-order chi connectivity index (χ0) is 28.7. The highest BCUT2D eigenvalue weighted by molar-refractivity contribution is 8.00. The highest BCUT2D eigenvalue weighted by Gasteiger charge is 2.38. The lowest BCUT2D eigenvalue weighted by atomic mass is 9.82. The van der Waals surface area contributed by atoms with Gasteiger partial charge in [0.25, 0.3) is 0 Å². The van der Waals surface area contributed by atoms with Gasteiger partial charge >= 0.3 is 0 Å². The Labute approximate surface area is 261 Å². The summed E-state index contributed by atoms with van der Waals surface area (Å²) in [6.07, 6.45) is 0. The van der Waals surface area contributed by atoms with Crippen molar-refractivity contribution in [3.63, 3.8) is 0 Å². The number of rotatable bonds is 2. The summed E-state index contributed by atoms with van der Waals surface area (Å²) in [5.41, 5.74) is 12.6. The first-order chi connectivity index (χ1) is 21.1. The van der Waals surface area contributed by atoms with Gasteiger partial charge in [0.15, 0.2) is 0 Å². The van der Waals surface area contributed by atoms with Crippen LogP contribution in [0.1, 0.15) is 25.0 Å². The van der Waals surface area contributed by atoms with Crippen LogP contribution in [-0.4, -0.2) is 0 Å². The van der Waals surface area contributed by atoms with Crippen molar-refractivity contribution in [1.29, 1.82) is 0 Å². The first kappa shape index (κ1) is 25.1. The number of nitrogens with zero attached hydrogens (tertiary/aromatic N) is 2. The molecule has 0 saturated heterocycles. The van der Waals surface area contributed by atoms with E-state index < -0.39 is 0 Å². The molecule has 6 aromatic carbocycles. The maximum Gasteiger partial charge on any atom is 0.0601 e. The average Bonchev–Trinajstić information content (AvgIpc) is 3.27. The molecular weight excluding hydrogens is 561 g/mol. The molecular formula is C39H28N2S2. The molecule has 0 unspecified atom stereocenters. The third kappa shape index (κ3) is 3.70. The van der Waals surface area contributed by atoms with Crippen LogP contribution in [0, 0.1) is 0 Å². The smallest absolute Gasteiger partial charge is 0.0601 e. The normalized spacial score (nSPS) is 15.1. The Hall–Kier alpha value is -4.38. The van der Waals surface area contributed by atoms with E-state index in [0.29, 0.717) is 0 Å². The van der Waals surface area contributed by atoms with Gasteiger partial charge < -0.3 is 9.80 Å². The number of fused-ring (bicyclic) bond motifs is 7. The summed E-state index contributed by atoms with van der Waals surface area (Å²) in [5.74, 6) is 0. The highest BCUT2D eigenvalue weighted by Crippen LogP contribution is 2.56. The van der Waals surface area contributed by atoms with E-state index in [-0.39, 0.29) is 5.41 Å². The second kappa shape index (κ2) is 9.31. The maximum atomic E-state index is 2.44. The van der Waals surface area contributed by atoms with Crippen molar-refractivity contribution in [2.45, 2.75) is 38.8 Å². The third-order valence-corrected chi connectivity index (χ3v) is 11.3. The summed E-state index contributed by atoms with van der Waals surface area (Å²) in [4.78, 5) is 10.0. The zero-order valence-electron chi connectivity index (χ0n) is 23.9. The van der Waals surface area contributed by atoms with Gasteiger partial charge in [0.1, 0.15) is 0 Å². The van der Waals surface area contributed by atoms with Gasteiger partial charge in [0, 0.05) is 36.4 Å². The van der Waals surface area contributed by atoms with E-state index in [2.05, 4.69) is 157 Å².